The van der Waals surface area contributed by atoms with Crippen LogP contribution >= 0.6 is 0 Å². The zero-order valence-corrected chi connectivity index (χ0v) is 10.4. The second-order valence-electron chi connectivity index (χ2n) is 5.56. The Bertz CT molecular complexity index is 414. The van der Waals surface area contributed by atoms with Gasteiger partial charge in [-0.25, -0.2) is 9.97 Å². The van der Waals surface area contributed by atoms with Crippen LogP contribution in [-0.4, -0.2) is 35.0 Å². The summed E-state index contributed by atoms with van der Waals surface area (Å²) < 4.78 is 0. The minimum atomic E-state index is -0.212. The van der Waals surface area contributed by atoms with Gasteiger partial charge in [-0.15, -0.1) is 0 Å². The topological polar surface area (TPSA) is 55.0 Å². The highest BCUT2D eigenvalue weighted by Gasteiger charge is 2.43. The highest BCUT2D eigenvalue weighted by molar-refractivity contribution is 5.19. The summed E-state index contributed by atoms with van der Waals surface area (Å²) in [5, 5.41) is 0. The van der Waals surface area contributed by atoms with Crippen molar-refractivity contribution in [3.05, 3.63) is 23.8 Å². The maximum Gasteiger partial charge on any atom is 0.148 e. The molecule has 0 radical (unpaired) electrons. The SMILES string of the molecule is CN1CCCC(c2ccnc(C3(N)CC3)n2)C1. The first-order valence-electron chi connectivity index (χ1n) is 6.48. The summed E-state index contributed by atoms with van der Waals surface area (Å²) in [4.78, 5) is 11.4. The van der Waals surface area contributed by atoms with Gasteiger partial charge in [0.1, 0.15) is 5.82 Å². The summed E-state index contributed by atoms with van der Waals surface area (Å²) >= 11 is 0. The molecule has 2 N–H and O–H groups in total. The van der Waals surface area contributed by atoms with Crippen LogP contribution in [0.3, 0.4) is 0 Å². The fourth-order valence-electron chi connectivity index (χ4n) is 2.61. The summed E-state index contributed by atoms with van der Waals surface area (Å²) in [6.45, 7) is 2.31. The van der Waals surface area contributed by atoms with Crippen molar-refractivity contribution in [3.63, 3.8) is 0 Å². The van der Waals surface area contributed by atoms with E-state index < -0.39 is 0 Å². The van der Waals surface area contributed by atoms with E-state index in [1.807, 2.05) is 6.20 Å². The molecule has 0 spiro atoms. The number of piperidine rings is 1. The van der Waals surface area contributed by atoms with Gasteiger partial charge in [-0.3, -0.25) is 0 Å². The Morgan fingerprint density at radius 3 is 3.00 bits per heavy atom. The molecule has 0 amide bonds. The molecule has 1 aromatic heterocycles. The van der Waals surface area contributed by atoms with Crippen LogP contribution in [0.25, 0.3) is 0 Å². The fraction of sp³-hybridized carbons (Fsp3) is 0.692. The molecule has 1 saturated heterocycles. The molecule has 2 heterocycles. The summed E-state index contributed by atoms with van der Waals surface area (Å²) in [7, 11) is 2.18. The molecule has 2 fully saturated rings. The third-order valence-electron chi connectivity index (χ3n) is 3.95. The minimum Gasteiger partial charge on any atom is -0.319 e. The van der Waals surface area contributed by atoms with Crippen LogP contribution < -0.4 is 5.73 Å². The lowest BCUT2D eigenvalue weighted by Gasteiger charge is -2.29. The Morgan fingerprint density at radius 1 is 1.47 bits per heavy atom. The van der Waals surface area contributed by atoms with Gasteiger partial charge in [0.2, 0.25) is 0 Å². The molecule has 1 saturated carbocycles. The monoisotopic (exact) mass is 232 g/mol. The van der Waals surface area contributed by atoms with E-state index in [1.165, 1.54) is 25.1 Å². The van der Waals surface area contributed by atoms with Crippen LogP contribution in [-0.2, 0) is 5.54 Å². The Kier molecular flexibility index (Phi) is 2.64. The lowest BCUT2D eigenvalue weighted by atomic mass is 9.95. The van der Waals surface area contributed by atoms with Gasteiger partial charge < -0.3 is 10.6 Å². The average molecular weight is 232 g/mol. The van der Waals surface area contributed by atoms with E-state index in [1.54, 1.807) is 0 Å². The number of nitrogens with two attached hydrogens (primary N) is 1. The van der Waals surface area contributed by atoms with Crippen molar-refractivity contribution in [1.82, 2.24) is 14.9 Å². The van der Waals surface area contributed by atoms with Crippen molar-refractivity contribution < 1.29 is 0 Å². The summed E-state index contributed by atoms with van der Waals surface area (Å²) in [5.74, 6) is 1.40. The Morgan fingerprint density at radius 2 is 2.29 bits per heavy atom. The lowest BCUT2D eigenvalue weighted by molar-refractivity contribution is 0.248. The number of hydrogen-bond acceptors (Lipinski definition) is 4. The third-order valence-corrected chi connectivity index (χ3v) is 3.95. The van der Waals surface area contributed by atoms with Crippen LogP contribution in [0, 0.1) is 0 Å². The summed E-state index contributed by atoms with van der Waals surface area (Å²) in [6.07, 6.45) is 6.42. The van der Waals surface area contributed by atoms with Crippen LogP contribution in [0.1, 0.15) is 43.1 Å². The molecule has 4 heteroatoms. The molecular formula is C13H20N4. The van der Waals surface area contributed by atoms with Crippen LogP contribution in [0.2, 0.25) is 0 Å². The molecule has 1 unspecified atom stereocenters. The molecule has 1 atom stereocenters. The molecule has 2 aliphatic rings. The summed E-state index contributed by atoms with van der Waals surface area (Å²) in [5.41, 5.74) is 7.13. The predicted molar refractivity (Wildman–Crippen MR) is 66.6 cm³/mol. The van der Waals surface area contributed by atoms with Crippen molar-refractivity contribution in [1.29, 1.82) is 0 Å². The maximum absolute atomic E-state index is 6.16. The molecule has 92 valence electrons. The molecule has 1 aliphatic carbocycles. The number of nitrogens with zero attached hydrogens (tertiary/aromatic N) is 3. The van der Waals surface area contributed by atoms with Gasteiger partial charge in [-0.1, -0.05) is 0 Å². The second kappa shape index (κ2) is 4.03. The van der Waals surface area contributed by atoms with Gasteiger partial charge in [-0.05, 0) is 45.3 Å². The van der Waals surface area contributed by atoms with E-state index >= 15 is 0 Å². The first-order chi connectivity index (χ1) is 8.17. The van der Waals surface area contributed by atoms with E-state index in [0.717, 1.165) is 25.2 Å². The van der Waals surface area contributed by atoms with E-state index in [2.05, 4.69) is 23.0 Å². The van der Waals surface area contributed by atoms with Crippen molar-refractivity contribution in [2.45, 2.75) is 37.1 Å². The normalized spacial score (nSPS) is 28.0. The molecule has 17 heavy (non-hydrogen) atoms. The predicted octanol–water partition coefficient (Wildman–Crippen LogP) is 1.23. The van der Waals surface area contributed by atoms with Crippen molar-refractivity contribution in [3.8, 4) is 0 Å². The third kappa shape index (κ3) is 2.19. The largest absolute Gasteiger partial charge is 0.319 e. The number of rotatable bonds is 2. The van der Waals surface area contributed by atoms with Gasteiger partial charge in [0.15, 0.2) is 0 Å². The minimum absolute atomic E-state index is 0.212. The van der Waals surface area contributed by atoms with Crippen molar-refractivity contribution in [2.24, 2.45) is 5.73 Å². The standard InChI is InChI=1S/C13H20N4/c1-17-8-2-3-10(9-17)11-4-7-15-12(16-11)13(14)5-6-13/h4,7,10H,2-3,5-6,8-9,14H2,1H3. The van der Waals surface area contributed by atoms with E-state index in [4.69, 9.17) is 10.7 Å². The van der Waals surface area contributed by atoms with E-state index in [-0.39, 0.29) is 5.54 Å². The zero-order chi connectivity index (χ0) is 11.9. The molecule has 3 rings (SSSR count). The smallest absolute Gasteiger partial charge is 0.148 e. The first kappa shape index (κ1) is 11.1. The van der Waals surface area contributed by atoms with Gasteiger partial charge in [-0.2, -0.15) is 0 Å². The van der Waals surface area contributed by atoms with Gasteiger partial charge in [0.25, 0.3) is 0 Å². The number of aromatic nitrogens is 2. The average Bonchev–Trinajstić information content (AvgIpc) is 3.09. The Balaban J connectivity index is 1.82. The maximum atomic E-state index is 6.16. The molecule has 0 aromatic carbocycles. The first-order valence-corrected chi connectivity index (χ1v) is 6.48. The van der Waals surface area contributed by atoms with E-state index in [9.17, 15) is 0 Å². The van der Waals surface area contributed by atoms with Gasteiger partial charge >= 0.3 is 0 Å². The number of likely N-dealkylation sites (tertiary alicyclic amines) is 1. The zero-order valence-electron chi connectivity index (χ0n) is 10.4. The highest BCUT2D eigenvalue weighted by atomic mass is 15.1. The quantitative estimate of drug-likeness (QED) is 0.833. The Labute approximate surface area is 102 Å². The summed E-state index contributed by atoms with van der Waals surface area (Å²) in [6, 6.07) is 2.05. The lowest BCUT2D eigenvalue weighted by Crippen LogP contribution is -2.32. The number of likely N-dealkylation sites (N-methyl/N-ethyl adjacent to an activating group) is 1. The van der Waals surface area contributed by atoms with Crippen LogP contribution in [0.5, 0.6) is 0 Å². The van der Waals surface area contributed by atoms with Crippen molar-refractivity contribution in [2.75, 3.05) is 20.1 Å². The molecule has 4 nitrogen and oxygen atoms in total. The van der Waals surface area contributed by atoms with Crippen LogP contribution in [0.4, 0.5) is 0 Å². The molecular weight excluding hydrogens is 212 g/mol. The fourth-order valence-corrected chi connectivity index (χ4v) is 2.61. The Hall–Kier alpha value is -1.00. The second-order valence-corrected chi connectivity index (χ2v) is 5.56. The van der Waals surface area contributed by atoms with E-state index in [0.29, 0.717) is 5.92 Å². The molecule has 1 aliphatic heterocycles. The molecule has 0 bridgehead atoms. The number of hydrogen-bond donors (Lipinski definition) is 1. The van der Waals surface area contributed by atoms with Gasteiger partial charge in [0.05, 0.1) is 5.54 Å². The highest BCUT2D eigenvalue weighted by Crippen LogP contribution is 2.41. The van der Waals surface area contributed by atoms with Gasteiger partial charge in [0, 0.05) is 24.4 Å². The molecule has 1 aromatic rings. The van der Waals surface area contributed by atoms with Crippen molar-refractivity contribution >= 4 is 0 Å². The van der Waals surface area contributed by atoms with Crippen LogP contribution in [0.15, 0.2) is 12.3 Å².